The molecule has 8 nitrogen and oxygen atoms in total. The van der Waals surface area contributed by atoms with Crippen LogP contribution in [-0.4, -0.2) is 31.2 Å². The van der Waals surface area contributed by atoms with E-state index < -0.39 is 11.5 Å². The van der Waals surface area contributed by atoms with Crippen LogP contribution in [0.3, 0.4) is 0 Å². The zero-order chi connectivity index (χ0) is 22.3. The normalized spacial score (nSPS) is 11.3. The van der Waals surface area contributed by atoms with Gasteiger partial charge in [0.25, 0.3) is 0 Å². The number of aromatic nitrogens is 5. The van der Waals surface area contributed by atoms with E-state index in [1.165, 1.54) is 15.2 Å². The third-order valence-electron chi connectivity index (χ3n) is 5.17. The summed E-state index contributed by atoms with van der Waals surface area (Å²) in [6.45, 7) is 3.83. The molecule has 0 atom stereocenters. The zero-order valence-corrected chi connectivity index (χ0v) is 17.9. The fraction of sp³-hybridized carbons (Fsp3) is 0.238. The van der Waals surface area contributed by atoms with Gasteiger partial charge in [0.1, 0.15) is 17.1 Å². The molecule has 0 saturated carbocycles. The summed E-state index contributed by atoms with van der Waals surface area (Å²) in [6.07, 6.45) is 1.68. The van der Waals surface area contributed by atoms with Gasteiger partial charge in [-0.2, -0.15) is 9.97 Å². The summed E-state index contributed by atoms with van der Waals surface area (Å²) in [7, 11) is 1.58. The first-order valence-corrected chi connectivity index (χ1v) is 9.84. The molecule has 4 aromatic rings. The van der Waals surface area contributed by atoms with E-state index in [0.717, 1.165) is 11.1 Å². The predicted molar refractivity (Wildman–Crippen MR) is 116 cm³/mol. The van der Waals surface area contributed by atoms with Crippen molar-refractivity contribution in [2.75, 3.05) is 12.8 Å². The van der Waals surface area contributed by atoms with E-state index in [1.807, 2.05) is 13.8 Å². The predicted octanol–water partition coefficient (Wildman–Crippen LogP) is 3.08. The van der Waals surface area contributed by atoms with Gasteiger partial charge in [0.15, 0.2) is 10.8 Å². The maximum atomic E-state index is 14.3. The number of nitrogen functional groups attached to an aromatic ring is 1. The largest absolute Gasteiger partial charge is 0.496 e. The van der Waals surface area contributed by atoms with Gasteiger partial charge in [0, 0.05) is 22.9 Å². The van der Waals surface area contributed by atoms with Gasteiger partial charge in [0.2, 0.25) is 5.95 Å². The Kier molecular flexibility index (Phi) is 5.36. The third-order valence-corrected chi connectivity index (χ3v) is 5.44. The Morgan fingerprint density at radius 2 is 1.90 bits per heavy atom. The van der Waals surface area contributed by atoms with Gasteiger partial charge in [-0.25, -0.2) is 9.18 Å². The number of ether oxygens (including phenoxy) is 1. The van der Waals surface area contributed by atoms with E-state index >= 15 is 0 Å². The highest BCUT2D eigenvalue weighted by Gasteiger charge is 2.22. The zero-order valence-electron chi connectivity index (χ0n) is 17.2. The summed E-state index contributed by atoms with van der Waals surface area (Å²) >= 11 is 6.33. The number of imidazole rings is 1. The van der Waals surface area contributed by atoms with E-state index in [2.05, 4.69) is 15.0 Å². The highest BCUT2D eigenvalue weighted by molar-refractivity contribution is 6.33. The highest BCUT2D eigenvalue weighted by atomic mass is 35.5. The molecule has 31 heavy (non-hydrogen) atoms. The molecule has 160 valence electrons. The van der Waals surface area contributed by atoms with Gasteiger partial charge in [-0.1, -0.05) is 29.8 Å². The number of hydrogen-bond acceptors (Lipinski definition) is 6. The smallest absolute Gasteiger partial charge is 0.331 e. The molecule has 0 aliphatic heterocycles. The van der Waals surface area contributed by atoms with Gasteiger partial charge in [-0.15, -0.1) is 0 Å². The number of benzene rings is 1. The molecule has 1 aromatic carbocycles. The molecule has 10 heteroatoms. The Hall–Kier alpha value is -3.46. The molecule has 0 radical (unpaired) electrons. The molecule has 0 bridgehead atoms. The monoisotopic (exact) mass is 442 g/mol. The van der Waals surface area contributed by atoms with Gasteiger partial charge >= 0.3 is 5.69 Å². The Bertz CT molecular complexity index is 1360. The van der Waals surface area contributed by atoms with E-state index in [9.17, 15) is 9.18 Å². The average Bonchev–Trinajstić information content (AvgIpc) is 2.97. The number of hydrogen-bond donors (Lipinski definition) is 1. The molecule has 0 saturated heterocycles. The van der Waals surface area contributed by atoms with E-state index in [-0.39, 0.29) is 35.4 Å². The number of nitrogens with zero attached hydrogens (tertiary/aromatic N) is 5. The standard InChI is InChI=1S/C21H20ClFN6O2/c1-11-8-25-15(12(2)17(11)31-3)10-29-19-16(18(22)26-20(24)27-19)28(21(29)30)9-13-6-4-5-7-14(13)23/h4-8H,9-10H2,1-3H3,(H2,24,26,27). The highest BCUT2D eigenvalue weighted by Crippen LogP contribution is 2.26. The average molecular weight is 443 g/mol. The van der Waals surface area contributed by atoms with Crippen molar-refractivity contribution in [1.82, 2.24) is 24.1 Å². The SMILES string of the molecule is COc1c(C)cnc(Cn2c(=O)n(Cc3ccccc3F)c3c(Cl)nc(N)nc32)c1C. The van der Waals surface area contributed by atoms with Crippen molar-refractivity contribution in [3.8, 4) is 5.75 Å². The van der Waals surface area contributed by atoms with Crippen LogP contribution < -0.4 is 16.2 Å². The minimum atomic E-state index is -0.430. The number of pyridine rings is 1. The minimum Gasteiger partial charge on any atom is -0.496 e. The lowest BCUT2D eigenvalue weighted by Crippen LogP contribution is -2.26. The molecule has 2 N–H and O–H groups in total. The fourth-order valence-electron chi connectivity index (χ4n) is 3.65. The van der Waals surface area contributed by atoms with Gasteiger partial charge in [-0.3, -0.25) is 14.1 Å². The van der Waals surface area contributed by atoms with Crippen molar-refractivity contribution >= 4 is 28.7 Å². The molecular formula is C21H20ClFN6O2. The van der Waals surface area contributed by atoms with Crippen LogP contribution in [0.25, 0.3) is 11.2 Å². The van der Waals surface area contributed by atoms with Crippen LogP contribution in [0.1, 0.15) is 22.4 Å². The van der Waals surface area contributed by atoms with E-state index in [0.29, 0.717) is 17.0 Å². The first-order valence-electron chi connectivity index (χ1n) is 9.46. The van der Waals surface area contributed by atoms with Crippen LogP contribution >= 0.6 is 11.6 Å². The van der Waals surface area contributed by atoms with Gasteiger partial charge in [0.05, 0.1) is 25.9 Å². The molecule has 0 fully saturated rings. The van der Waals surface area contributed by atoms with Gasteiger partial charge < -0.3 is 10.5 Å². The van der Waals surface area contributed by atoms with Crippen LogP contribution in [0.4, 0.5) is 10.3 Å². The molecule has 0 unspecified atom stereocenters. The lowest BCUT2D eigenvalue weighted by Gasteiger charge is -2.12. The Balaban J connectivity index is 1.92. The van der Waals surface area contributed by atoms with Gasteiger partial charge in [-0.05, 0) is 19.9 Å². The number of anilines is 1. The van der Waals surface area contributed by atoms with Crippen molar-refractivity contribution in [2.45, 2.75) is 26.9 Å². The second-order valence-electron chi connectivity index (χ2n) is 7.14. The number of halogens is 2. The van der Waals surface area contributed by atoms with Crippen molar-refractivity contribution in [3.63, 3.8) is 0 Å². The fourth-order valence-corrected chi connectivity index (χ4v) is 3.92. The number of fused-ring (bicyclic) bond motifs is 1. The third kappa shape index (κ3) is 3.61. The summed E-state index contributed by atoms with van der Waals surface area (Å²) in [5.41, 5.74) is 8.54. The van der Waals surface area contributed by atoms with Crippen molar-refractivity contribution in [3.05, 3.63) is 74.3 Å². The topological polar surface area (TPSA) is 101 Å². The maximum Gasteiger partial charge on any atom is 0.331 e. The van der Waals surface area contributed by atoms with Crippen LogP contribution in [0.15, 0.2) is 35.3 Å². The first-order chi connectivity index (χ1) is 14.8. The Morgan fingerprint density at radius 3 is 2.61 bits per heavy atom. The summed E-state index contributed by atoms with van der Waals surface area (Å²) in [5, 5.41) is 0.0147. The minimum absolute atomic E-state index is 0.0147. The summed E-state index contributed by atoms with van der Waals surface area (Å²) in [5.74, 6) is 0.198. The lowest BCUT2D eigenvalue weighted by molar-refractivity contribution is 0.406. The van der Waals surface area contributed by atoms with Crippen LogP contribution in [0, 0.1) is 19.7 Å². The number of rotatable bonds is 5. The summed E-state index contributed by atoms with van der Waals surface area (Å²) in [6, 6.07) is 6.22. The quantitative estimate of drug-likeness (QED) is 0.477. The second-order valence-corrected chi connectivity index (χ2v) is 7.50. The number of nitrogens with two attached hydrogens (primary N) is 1. The Labute approximate surface area is 182 Å². The lowest BCUT2D eigenvalue weighted by atomic mass is 10.1. The van der Waals surface area contributed by atoms with Crippen LogP contribution in [-0.2, 0) is 13.1 Å². The summed E-state index contributed by atoms with van der Waals surface area (Å²) < 4.78 is 22.5. The number of methoxy groups -OCH3 is 1. The molecule has 0 aliphatic carbocycles. The first kappa shape index (κ1) is 20.8. The van der Waals surface area contributed by atoms with Crippen molar-refractivity contribution in [1.29, 1.82) is 0 Å². The molecular weight excluding hydrogens is 423 g/mol. The number of aryl methyl sites for hydroxylation is 1. The van der Waals surface area contributed by atoms with Crippen molar-refractivity contribution < 1.29 is 9.13 Å². The Morgan fingerprint density at radius 1 is 1.16 bits per heavy atom. The molecule has 0 aliphatic rings. The van der Waals surface area contributed by atoms with Crippen LogP contribution in [0.2, 0.25) is 5.15 Å². The molecule has 3 heterocycles. The van der Waals surface area contributed by atoms with E-state index in [4.69, 9.17) is 22.1 Å². The molecule has 3 aromatic heterocycles. The molecule has 0 spiro atoms. The van der Waals surface area contributed by atoms with Crippen LogP contribution in [0.5, 0.6) is 5.75 Å². The molecule has 4 rings (SSSR count). The summed E-state index contributed by atoms with van der Waals surface area (Å²) in [4.78, 5) is 26.1. The second kappa shape index (κ2) is 7.99. The molecule has 0 amide bonds. The van der Waals surface area contributed by atoms with E-state index in [1.54, 1.807) is 31.5 Å². The maximum absolute atomic E-state index is 14.3. The van der Waals surface area contributed by atoms with Crippen molar-refractivity contribution in [2.24, 2.45) is 0 Å².